The Kier molecular flexibility index (Phi) is 4.03. The highest BCUT2D eigenvalue weighted by Gasteiger charge is 2.15. The molecule has 3 aromatic heterocycles. The Morgan fingerprint density at radius 1 is 0.852 bits per heavy atom. The third-order valence-electron chi connectivity index (χ3n) is 4.65. The molecule has 0 atom stereocenters. The van der Waals surface area contributed by atoms with Crippen LogP contribution in [0.15, 0.2) is 77.8 Å². The van der Waals surface area contributed by atoms with Crippen molar-refractivity contribution in [3.8, 4) is 22.5 Å². The van der Waals surface area contributed by atoms with Gasteiger partial charge in [-0.1, -0.05) is 47.7 Å². The zero-order chi connectivity index (χ0) is 18.1. The predicted octanol–water partition coefficient (Wildman–Crippen LogP) is 4.72. The van der Waals surface area contributed by atoms with Gasteiger partial charge < -0.3 is 4.57 Å². The van der Waals surface area contributed by atoms with E-state index < -0.39 is 0 Å². The van der Waals surface area contributed by atoms with Gasteiger partial charge in [-0.25, -0.2) is 9.67 Å². The van der Waals surface area contributed by atoms with Crippen LogP contribution in [0.5, 0.6) is 0 Å². The van der Waals surface area contributed by atoms with Crippen molar-refractivity contribution in [2.45, 2.75) is 13.1 Å². The molecule has 0 fully saturated rings. The molecule has 5 rings (SSSR count). The van der Waals surface area contributed by atoms with Crippen LogP contribution >= 0.6 is 11.3 Å². The van der Waals surface area contributed by atoms with Gasteiger partial charge in [-0.3, -0.25) is 0 Å². The van der Waals surface area contributed by atoms with Gasteiger partial charge >= 0.3 is 0 Å². The molecule has 3 heterocycles. The first-order chi connectivity index (χ1) is 13.4. The quantitative estimate of drug-likeness (QED) is 0.449. The predicted molar refractivity (Wildman–Crippen MR) is 109 cm³/mol. The molecule has 0 spiro atoms. The van der Waals surface area contributed by atoms with Gasteiger partial charge in [-0.2, -0.15) is 11.3 Å². The van der Waals surface area contributed by atoms with Crippen LogP contribution in [0.3, 0.4) is 0 Å². The third kappa shape index (κ3) is 2.94. The van der Waals surface area contributed by atoms with E-state index in [1.165, 1.54) is 5.56 Å². The number of aryl methyl sites for hydroxylation is 2. The van der Waals surface area contributed by atoms with Gasteiger partial charge in [-0.05, 0) is 23.6 Å². The van der Waals surface area contributed by atoms with E-state index >= 15 is 0 Å². The summed E-state index contributed by atoms with van der Waals surface area (Å²) in [6, 6.07) is 20.5. The van der Waals surface area contributed by atoms with Crippen molar-refractivity contribution in [1.82, 2.24) is 24.5 Å². The molecule has 5 aromatic rings. The Labute approximate surface area is 160 Å². The third-order valence-corrected chi connectivity index (χ3v) is 5.34. The molecule has 27 heavy (non-hydrogen) atoms. The molecule has 0 aliphatic carbocycles. The number of nitrogens with zero attached hydrogens (tertiary/aromatic N) is 5. The van der Waals surface area contributed by atoms with Crippen LogP contribution in [-0.2, 0) is 13.1 Å². The highest BCUT2D eigenvalue weighted by Crippen LogP contribution is 2.32. The summed E-state index contributed by atoms with van der Waals surface area (Å²) in [5.41, 5.74) is 6.46. The Hall–Kier alpha value is -3.25. The standard InChI is InChI=1S/C21H17N5S/c1-2-6-16(7-3-1)20-21(17-10-13-27-14-17)25(15-22-20)11-12-26-19-9-5-4-8-18(19)23-24-26/h1-10,13-15H,11-12H2. The first kappa shape index (κ1) is 16.0. The second kappa shape index (κ2) is 6.81. The number of para-hydroxylation sites is 1. The van der Waals surface area contributed by atoms with Gasteiger partial charge in [0.1, 0.15) is 5.52 Å². The van der Waals surface area contributed by atoms with E-state index in [-0.39, 0.29) is 0 Å². The Morgan fingerprint density at radius 2 is 1.70 bits per heavy atom. The molecule has 2 aromatic carbocycles. The molecule has 0 saturated carbocycles. The fraction of sp³-hybridized carbons (Fsp3) is 0.0952. The molecule has 6 heteroatoms. The lowest BCUT2D eigenvalue weighted by atomic mass is 10.1. The second-order valence-corrected chi connectivity index (χ2v) is 7.09. The van der Waals surface area contributed by atoms with Crippen molar-refractivity contribution in [2.24, 2.45) is 0 Å². The van der Waals surface area contributed by atoms with Crippen LogP contribution < -0.4 is 0 Å². The molecule has 0 amide bonds. The molecule has 0 saturated heterocycles. The zero-order valence-corrected chi connectivity index (χ0v) is 15.4. The van der Waals surface area contributed by atoms with E-state index in [9.17, 15) is 0 Å². The van der Waals surface area contributed by atoms with Gasteiger partial charge in [0.25, 0.3) is 0 Å². The lowest BCUT2D eigenvalue weighted by Crippen LogP contribution is -2.09. The highest BCUT2D eigenvalue weighted by molar-refractivity contribution is 7.08. The van der Waals surface area contributed by atoms with Crippen molar-refractivity contribution >= 4 is 22.4 Å². The summed E-state index contributed by atoms with van der Waals surface area (Å²) in [7, 11) is 0. The van der Waals surface area contributed by atoms with E-state index in [1.807, 2.05) is 47.4 Å². The molecule has 0 aliphatic heterocycles. The number of rotatable bonds is 5. The summed E-state index contributed by atoms with van der Waals surface area (Å²) < 4.78 is 4.16. The van der Waals surface area contributed by atoms with Gasteiger partial charge in [-0.15, -0.1) is 5.10 Å². The number of hydrogen-bond donors (Lipinski definition) is 0. The molecule has 0 aliphatic rings. The van der Waals surface area contributed by atoms with Crippen molar-refractivity contribution in [1.29, 1.82) is 0 Å². The van der Waals surface area contributed by atoms with Crippen molar-refractivity contribution in [3.63, 3.8) is 0 Å². The lowest BCUT2D eigenvalue weighted by Gasteiger charge is -2.10. The normalized spacial score (nSPS) is 11.3. The van der Waals surface area contributed by atoms with Crippen molar-refractivity contribution in [3.05, 3.63) is 77.8 Å². The molecule has 132 valence electrons. The van der Waals surface area contributed by atoms with Crippen LogP contribution in [0.4, 0.5) is 0 Å². The average molecular weight is 371 g/mol. The number of benzene rings is 2. The lowest BCUT2D eigenvalue weighted by molar-refractivity contribution is 0.534. The molecule has 0 bridgehead atoms. The molecule has 0 radical (unpaired) electrons. The van der Waals surface area contributed by atoms with Crippen LogP contribution in [0, 0.1) is 0 Å². The monoisotopic (exact) mass is 371 g/mol. The van der Waals surface area contributed by atoms with E-state index in [1.54, 1.807) is 11.3 Å². The van der Waals surface area contributed by atoms with E-state index in [4.69, 9.17) is 4.98 Å². The minimum absolute atomic E-state index is 0.738. The topological polar surface area (TPSA) is 48.5 Å². The maximum absolute atomic E-state index is 4.73. The number of thiophene rings is 1. The van der Waals surface area contributed by atoms with Crippen LogP contribution in [0.2, 0.25) is 0 Å². The molecular weight excluding hydrogens is 354 g/mol. The van der Waals surface area contributed by atoms with Gasteiger partial charge in [0.05, 0.1) is 29.8 Å². The molecule has 0 N–H and O–H groups in total. The molecule has 5 nitrogen and oxygen atoms in total. The van der Waals surface area contributed by atoms with Crippen LogP contribution in [-0.4, -0.2) is 24.5 Å². The molecular formula is C21H17N5S. The number of imidazole rings is 1. The summed E-state index contributed by atoms with van der Waals surface area (Å²) in [6.07, 6.45) is 1.93. The molecule has 0 unspecified atom stereocenters. The Morgan fingerprint density at radius 3 is 2.56 bits per heavy atom. The number of fused-ring (bicyclic) bond motifs is 1. The van der Waals surface area contributed by atoms with E-state index in [2.05, 4.69) is 49.9 Å². The van der Waals surface area contributed by atoms with Gasteiger partial charge in [0, 0.05) is 23.1 Å². The largest absolute Gasteiger partial charge is 0.328 e. The van der Waals surface area contributed by atoms with E-state index in [0.717, 1.165) is 41.1 Å². The van der Waals surface area contributed by atoms with Gasteiger partial charge in [0.2, 0.25) is 0 Å². The Bertz CT molecular complexity index is 1170. The maximum Gasteiger partial charge on any atom is 0.113 e. The first-order valence-corrected chi connectivity index (χ1v) is 9.76. The van der Waals surface area contributed by atoms with E-state index in [0.29, 0.717) is 0 Å². The summed E-state index contributed by atoms with van der Waals surface area (Å²) in [5, 5.41) is 12.8. The van der Waals surface area contributed by atoms with Crippen molar-refractivity contribution in [2.75, 3.05) is 0 Å². The zero-order valence-electron chi connectivity index (χ0n) is 14.6. The van der Waals surface area contributed by atoms with Gasteiger partial charge in [0.15, 0.2) is 0 Å². The van der Waals surface area contributed by atoms with Crippen molar-refractivity contribution < 1.29 is 0 Å². The fourth-order valence-corrected chi connectivity index (χ4v) is 3.99. The van der Waals surface area contributed by atoms with Crippen LogP contribution in [0.25, 0.3) is 33.5 Å². The SMILES string of the molecule is c1ccc(-c2ncn(CCn3nnc4ccccc43)c2-c2ccsc2)cc1. The summed E-state index contributed by atoms with van der Waals surface area (Å²) in [4.78, 5) is 4.73. The fourth-order valence-electron chi connectivity index (χ4n) is 3.35. The average Bonchev–Trinajstić information content (AvgIpc) is 3.46. The first-order valence-electron chi connectivity index (χ1n) is 8.81. The smallest absolute Gasteiger partial charge is 0.113 e. The second-order valence-electron chi connectivity index (χ2n) is 6.31. The Balaban J connectivity index is 1.52. The minimum atomic E-state index is 0.738. The number of aromatic nitrogens is 5. The summed E-state index contributed by atoms with van der Waals surface area (Å²) in [6.45, 7) is 1.51. The minimum Gasteiger partial charge on any atom is -0.328 e. The maximum atomic E-state index is 4.73. The number of hydrogen-bond acceptors (Lipinski definition) is 4. The van der Waals surface area contributed by atoms with Crippen LogP contribution in [0.1, 0.15) is 0 Å². The highest BCUT2D eigenvalue weighted by atomic mass is 32.1. The summed E-state index contributed by atoms with van der Waals surface area (Å²) >= 11 is 1.70. The summed E-state index contributed by atoms with van der Waals surface area (Å²) in [5.74, 6) is 0.